The molecule has 33 heavy (non-hydrogen) atoms. The number of carbonyl (C=O) groups is 3. The van der Waals surface area contributed by atoms with E-state index in [1.165, 1.54) is 31.4 Å². The average Bonchev–Trinajstić information content (AvgIpc) is 2.81. The third kappa shape index (κ3) is 5.55. The number of aliphatic hydroxyl groups is 2. The maximum absolute atomic E-state index is 12.9. The molecule has 10 heteroatoms. The zero-order valence-corrected chi connectivity index (χ0v) is 18.0. The molecule has 4 N–H and O–H groups in total. The van der Waals surface area contributed by atoms with E-state index in [9.17, 15) is 24.6 Å². The van der Waals surface area contributed by atoms with Gasteiger partial charge in [-0.15, -0.1) is 0 Å². The number of aliphatic hydroxyl groups excluding tert-OH is 2. The van der Waals surface area contributed by atoms with Crippen LogP contribution in [0.1, 0.15) is 36.6 Å². The maximum atomic E-state index is 12.9. The molecule has 1 fully saturated rings. The number of nitrogens with one attached hydrogen (secondary N) is 1. The smallest absolute Gasteiger partial charge is 0.338 e. The summed E-state index contributed by atoms with van der Waals surface area (Å²) in [5, 5.41) is 32.0. The standard InChI is InChI=1S/C23H25NO9/c1-12-6-8-13(9-7-12)22(30)33-19-17(18(26)16(11-25)32-23(19)31-2)24-20(27)14-4-3-5-15(10-14)21(28)29/h3-10,16-19,23,25-26H,11H2,1-2H3,(H,24,27)(H,28,29)/t16-,17+,18+,19+,23-/m1/s1. The van der Waals surface area contributed by atoms with E-state index in [1.54, 1.807) is 24.3 Å². The van der Waals surface area contributed by atoms with Gasteiger partial charge in [-0.3, -0.25) is 4.79 Å². The second-order valence-corrected chi connectivity index (χ2v) is 7.57. The van der Waals surface area contributed by atoms with Crippen LogP contribution in [0.3, 0.4) is 0 Å². The van der Waals surface area contributed by atoms with Crippen molar-refractivity contribution in [2.24, 2.45) is 0 Å². The number of amides is 1. The van der Waals surface area contributed by atoms with Gasteiger partial charge >= 0.3 is 11.9 Å². The molecule has 2 aromatic rings. The monoisotopic (exact) mass is 459 g/mol. The second-order valence-electron chi connectivity index (χ2n) is 7.57. The third-order valence-corrected chi connectivity index (χ3v) is 5.29. The first-order valence-electron chi connectivity index (χ1n) is 10.1. The predicted molar refractivity (Wildman–Crippen MR) is 114 cm³/mol. The van der Waals surface area contributed by atoms with E-state index in [1.807, 2.05) is 6.92 Å². The number of carboxylic acids is 1. The van der Waals surface area contributed by atoms with Crippen LogP contribution in [0.25, 0.3) is 0 Å². The van der Waals surface area contributed by atoms with E-state index >= 15 is 0 Å². The van der Waals surface area contributed by atoms with Crippen molar-refractivity contribution in [2.45, 2.75) is 37.6 Å². The highest BCUT2D eigenvalue weighted by atomic mass is 16.7. The summed E-state index contributed by atoms with van der Waals surface area (Å²) in [5.74, 6) is -2.65. The molecule has 1 aliphatic rings. The van der Waals surface area contributed by atoms with Crippen molar-refractivity contribution in [3.05, 3.63) is 70.8 Å². The van der Waals surface area contributed by atoms with Crippen molar-refractivity contribution in [1.82, 2.24) is 5.32 Å². The molecule has 10 nitrogen and oxygen atoms in total. The molecule has 2 aromatic carbocycles. The lowest BCUT2D eigenvalue weighted by atomic mass is 9.95. The molecule has 1 aliphatic heterocycles. The van der Waals surface area contributed by atoms with Crippen molar-refractivity contribution >= 4 is 17.8 Å². The summed E-state index contributed by atoms with van der Waals surface area (Å²) in [7, 11) is 1.29. The Labute approximate surface area is 189 Å². The van der Waals surface area contributed by atoms with Gasteiger partial charge in [-0.25, -0.2) is 9.59 Å². The van der Waals surface area contributed by atoms with Gasteiger partial charge in [0, 0.05) is 12.7 Å². The molecule has 0 aromatic heterocycles. The van der Waals surface area contributed by atoms with E-state index in [2.05, 4.69) is 5.32 Å². The minimum Gasteiger partial charge on any atom is -0.478 e. The molecule has 5 atom stereocenters. The van der Waals surface area contributed by atoms with Gasteiger partial charge in [0.25, 0.3) is 5.91 Å². The van der Waals surface area contributed by atoms with Crippen LogP contribution < -0.4 is 5.32 Å². The number of ether oxygens (including phenoxy) is 3. The molecule has 0 saturated carbocycles. The largest absolute Gasteiger partial charge is 0.478 e. The van der Waals surface area contributed by atoms with Crippen LogP contribution in [0.4, 0.5) is 0 Å². The lowest BCUT2D eigenvalue weighted by molar-refractivity contribution is -0.269. The number of carbonyl (C=O) groups excluding carboxylic acids is 2. The maximum Gasteiger partial charge on any atom is 0.338 e. The quantitative estimate of drug-likeness (QED) is 0.439. The van der Waals surface area contributed by atoms with Crippen LogP contribution in [0.2, 0.25) is 0 Å². The Morgan fingerprint density at radius 2 is 1.73 bits per heavy atom. The number of carboxylic acid groups (broad SMARTS) is 1. The summed E-state index contributed by atoms with van der Waals surface area (Å²) in [4.78, 5) is 36.8. The molecule has 0 radical (unpaired) electrons. The zero-order chi connectivity index (χ0) is 24.1. The van der Waals surface area contributed by atoms with Crippen molar-refractivity contribution in [3.8, 4) is 0 Å². The van der Waals surface area contributed by atoms with Gasteiger partial charge in [0.2, 0.25) is 0 Å². The number of esters is 1. The Hall–Kier alpha value is -3.31. The molecule has 1 heterocycles. The Morgan fingerprint density at radius 3 is 2.33 bits per heavy atom. The molecule has 0 aliphatic carbocycles. The number of benzene rings is 2. The fourth-order valence-corrected chi connectivity index (χ4v) is 3.47. The summed E-state index contributed by atoms with van der Waals surface area (Å²) in [5.41, 5.74) is 1.11. The molecular formula is C23H25NO9. The van der Waals surface area contributed by atoms with Gasteiger partial charge in [0.05, 0.1) is 23.8 Å². The first kappa shape index (κ1) is 24.3. The Kier molecular flexibility index (Phi) is 7.77. The van der Waals surface area contributed by atoms with Crippen LogP contribution >= 0.6 is 0 Å². The third-order valence-electron chi connectivity index (χ3n) is 5.29. The number of hydrogen-bond acceptors (Lipinski definition) is 8. The fourth-order valence-electron chi connectivity index (χ4n) is 3.47. The van der Waals surface area contributed by atoms with Gasteiger partial charge in [0.1, 0.15) is 12.2 Å². The topological polar surface area (TPSA) is 152 Å². The first-order chi connectivity index (χ1) is 15.7. The second kappa shape index (κ2) is 10.5. The normalized spacial score (nSPS) is 24.7. The summed E-state index contributed by atoms with van der Waals surface area (Å²) in [6.45, 7) is 1.28. The highest BCUT2D eigenvalue weighted by Crippen LogP contribution is 2.26. The summed E-state index contributed by atoms with van der Waals surface area (Å²) in [6, 6.07) is 10.7. The van der Waals surface area contributed by atoms with E-state index < -0.39 is 55.1 Å². The van der Waals surface area contributed by atoms with E-state index in [0.717, 1.165) is 5.56 Å². The number of methoxy groups -OCH3 is 1. The number of aromatic carboxylic acids is 1. The Morgan fingerprint density at radius 1 is 1.06 bits per heavy atom. The van der Waals surface area contributed by atoms with Crippen LogP contribution in [-0.4, -0.2) is 77.5 Å². The molecule has 1 saturated heterocycles. The van der Waals surface area contributed by atoms with E-state index in [4.69, 9.17) is 19.3 Å². The lowest BCUT2D eigenvalue weighted by Crippen LogP contribution is -2.65. The highest BCUT2D eigenvalue weighted by Gasteiger charge is 2.48. The van der Waals surface area contributed by atoms with Crippen LogP contribution in [0.15, 0.2) is 48.5 Å². The number of rotatable bonds is 7. The summed E-state index contributed by atoms with van der Waals surface area (Å²) < 4.78 is 16.3. The lowest BCUT2D eigenvalue weighted by Gasteiger charge is -2.43. The van der Waals surface area contributed by atoms with Gasteiger partial charge in [-0.05, 0) is 37.3 Å². The summed E-state index contributed by atoms with van der Waals surface area (Å²) in [6.07, 6.45) is -5.05. The fraction of sp³-hybridized carbons (Fsp3) is 0.348. The highest BCUT2D eigenvalue weighted by molar-refractivity contribution is 5.97. The number of hydrogen-bond donors (Lipinski definition) is 4. The molecule has 0 bridgehead atoms. The van der Waals surface area contributed by atoms with Gasteiger partial charge < -0.3 is 34.8 Å². The molecule has 1 amide bonds. The van der Waals surface area contributed by atoms with E-state index in [-0.39, 0.29) is 16.7 Å². The van der Waals surface area contributed by atoms with Gasteiger partial charge in [-0.1, -0.05) is 23.8 Å². The Balaban J connectivity index is 1.88. The van der Waals surface area contributed by atoms with Gasteiger partial charge in [-0.2, -0.15) is 0 Å². The minimum absolute atomic E-state index is 0.0201. The summed E-state index contributed by atoms with van der Waals surface area (Å²) >= 11 is 0. The molecule has 0 spiro atoms. The Bertz CT molecular complexity index is 1010. The van der Waals surface area contributed by atoms with Crippen molar-refractivity contribution < 1.29 is 43.9 Å². The zero-order valence-electron chi connectivity index (χ0n) is 18.0. The number of aryl methyl sites for hydroxylation is 1. The van der Waals surface area contributed by atoms with Crippen molar-refractivity contribution in [2.75, 3.05) is 13.7 Å². The minimum atomic E-state index is -1.45. The van der Waals surface area contributed by atoms with Crippen LogP contribution in [0.5, 0.6) is 0 Å². The average molecular weight is 459 g/mol. The SMILES string of the molecule is CO[C@@H]1O[C@H](CO)[C@H](O)[C@H](NC(=O)c2cccc(C(=O)O)c2)[C@@H]1OC(=O)c1ccc(C)cc1. The van der Waals surface area contributed by atoms with E-state index in [0.29, 0.717) is 0 Å². The van der Waals surface area contributed by atoms with Gasteiger partial charge in [0.15, 0.2) is 12.4 Å². The first-order valence-corrected chi connectivity index (χ1v) is 10.1. The molecular weight excluding hydrogens is 434 g/mol. The molecule has 176 valence electrons. The molecule has 0 unspecified atom stereocenters. The van der Waals surface area contributed by atoms with Crippen molar-refractivity contribution in [3.63, 3.8) is 0 Å². The van der Waals surface area contributed by atoms with Crippen molar-refractivity contribution in [1.29, 1.82) is 0 Å². The molecule has 3 rings (SSSR count). The van der Waals surface area contributed by atoms with Crippen LogP contribution in [-0.2, 0) is 14.2 Å². The van der Waals surface area contributed by atoms with Crippen LogP contribution in [0, 0.1) is 6.92 Å². The predicted octanol–water partition coefficient (Wildman–Crippen LogP) is 0.742.